The maximum absolute atomic E-state index is 12.8. The molecule has 3 aromatic rings. The van der Waals surface area contributed by atoms with Gasteiger partial charge in [0.1, 0.15) is 10.6 Å². The van der Waals surface area contributed by atoms with E-state index >= 15 is 0 Å². The summed E-state index contributed by atoms with van der Waals surface area (Å²) in [4.78, 5) is 25.5. The van der Waals surface area contributed by atoms with E-state index in [4.69, 9.17) is 37.4 Å². The van der Waals surface area contributed by atoms with Gasteiger partial charge in [-0.2, -0.15) is 0 Å². The molecule has 1 heterocycles. The summed E-state index contributed by atoms with van der Waals surface area (Å²) in [7, 11) is 3.08. The van der Waals surface area contributed by atoms with Gasteiger partial charge in [-0.1, -0.05) is 29.3 Å². The number of nitrogens with one attached hydrogen (secondary N) is 1. The van der Waals surface area contributed by atoms with E-state index in [2.05, 4.69) is 5.32 Å². The summed E-state index contributed by atoms with van der Waals surface area (Å²) in [5, 5.41) is 5.52. The molecule has 0 saturated heterocycles. The molecular formula is C22H19Cl2NO5S. The van der Waals surface area contributed by atoms with Crippen molar-refractivity contribution in [2.24, 2.45) is 0 Å². The van der Waals surface area contributed by atoms with Crippen molar-refractivity contribution >= 4 is 51.4 Å². The van der Waals surface area contributed by atoms with Gasteiger partial charge in [0.05, 0.1) is 30.9 Å². The number of benzene rings is 2. The van der Waals surface area contributed by atoms with Gasteiger partial charge < -0.3 is 19.5 Å². The highest BCUT2D eigenvalue weighted by Crippen LogP contribution is 2.40. The normalized spacial score (nSPS) is 10.5. The predicted octanol–water partition coefficient (Wildman–Crippen LogP) is 6.17. The number of amides is 1. The highest BCUT2D eigenvalue weighted by atomic mass is 35.5. The standard InChI is InChI=1S/C22H19Cl2NO5S/c1-4-30-22(27)19-14(12-6-8-17(28-2)18(10-12)29-3)11-31-21(19)25-20(26)13-5-7-15(23)16(24)9-13/h5-11H,4H2,1-3H3,(H,25,26). The van der Waals surface area contributed by atoms with Gasteiger partial charge in [-0.05, 0) is 42.8 Å². The maximum atomic E-state index is 12.8. The van der Waals surface area contributed by atoms with Crippen molar-refractivity contribution in [1.82, 2.24) is 0 Å². The molecule has 1 aromatic heterocycles. The van der Waals surface area contributed by atoms with Crippen LogP contribution in [0.4, 0.5) is 5.00 Å². The Kier molecular flexibility index (Phi) is 7.43. The molecular weight excluding hydrogens is 461 g/mol. The summed E-state index contributed by atoms with van der Waals surface area (Å²) in [6, 6.07) is 9.86. The quantitative estimate of drug-likeness (QED) is 0.410. The Hall–Kier alpha value is -2.74. The molecule has 0 atom stereocenters. The molecule has 31 heavy (non-hydrogen) atoms. The van der Waals surface area contributed by atoms with Crippen molar-refractivity contribution < 1.29 is 23.8 Å². The van der Waals surface area contributed by atoms with Gasteiger partial charge in [-0.25, -0.2) is 4.79 Å². The molecule has 0 aliphatic rings. The predicted molar refractivity (Wildman–Crippen MR) is 123 cm³/mol. The second-order valence-corrected chi connectivity index (χ2v) is 7.92. The Morgan fingerprint density at radius 3 is 2.39 bits per heavy atom. The van der Waals surface area contributed by atoms with Gasteiger partial charge in [0.2, 0.25) is 0 Å². The fourth-order valence-corrected chi connectivity index (χ4v) is 4.14. The molecule has 0 spiro atoms. The molecule has 9 heteroatoms. The average molecular weight is 480 g/mol. The lowest BCUT2D eigenvalue weighted by Gasteiger charge is -2.11. The molecule has 1 N–H and O–H groups in total. The fraction of sp³-hybridized carbons (Fsp3) is 0.182. The molecule has 162 valence electrons. The molecule has 0 saturated carbocycles. The zero-order chi connectivity index (χ0) is 22.5. The lowest BCUT2D eigenvalue weighted by Crippen LogP contribution is -2.14. The van der Waals surface area contributed by atoms with Crippen molar-refractivity contribution in [3.8, 4) is 22.6 Å². The highest BCUT2D eigenvalue weighted by molar-refractivity contribution is 7.15. The number of halogens is 2. The Labute approximate surface area is 193 Å². The van der Waals surface area contributed by atoms with Crippen LogP contribution in [0.3, 0.4) is 0 Å². The van der Waals surface area contributed by atoms with Gasteiger partial charge in [-0.15, -0.1) is 11.3 Å². The van der Waals surface area contributed by atoms with Crippen molar-refractivity contribution in [3.63, 3.8) is 0 Å². The maximum Gasteiger partial charge on any atom is 0.341 e. The number of anilines is 1. The first-order chi connectivity index (χ1) is 14.9. The monoisotopic (exact) mass is 479 g/mol. The molecule has 0 aliphatic heterocycles. The number of rotatable bonds is 7. The average Bonchev–Trinajstić information content (AvgIpc) is 3.18. The fourth-order valence-electron chi connectivity index (χ4n) is 2.88. The largest absolute Gasteiger partial charge is 0.493 e. The molecule has 2 aromatic carbocycles. The molecule has 6 nitrogen and oxygen atoms in total. The van der Waals surface area contributed by atoms with Crippen molar-refractivity contribution in [1.29, 1.82) is 0 Å². The molecule has 1 amide bonds. The molecule has 0 unspecified atom stereocenters. The highest BCUT2D eigenvalue weighted by Gasteiger charge is 2.24. The van der Waals surface area contributed by atoms with Crippen LogP contribution in [0, 0.1) is 0 Å². The number of hydrogen-bond acceptors (Lipinski definition) is 6. The van der Waals surface area contributed by atoms with Crippen LogP contribution >= 0.6 is 34.5 Å². The molecule has 0 fully saturated rings. The summed E-state index contributed by atoms with van der Waals surface area (Å²) in [5.74, 6) is 0.109. The lowest BCUT2D eigenvalue weighted by atomic mass is 10.0. The van der Waals surface area contributed by atoms with E-state index in [0.717, 1.165) is 0 Å². The van der Waals surface area contributed by atoms with Crippen LogP contribution in [-0.2, 0) is 4.74 Å². The SMILES string of the molecule is CCOC(=O)c1c(-c2ccc(OC)c(OC)c2)csc1NC(=O)c1ccc(Cl)c(Cl)c1. The second-order valence-electron chi connectivity index (χ2n) is 6.23. The smallest absolute Gasteiger partial charge is 0.341 e. The first-order valence-corrected chi connectivity index (χ1v) is 10.8. The minimum Gasteiger partial charge on any atom is -0.493 e. The first-order valence-electron chi connectivity index (χ1n) is 9.17. The third-order valence-electron chi connectivity index (χ3n) is 4.37. The summed E-state index contributed by atoms with van der Waals surface area (Å²) >= 11 is 13.2. The lowest BCUT2D eigenvalue weighted by molar-refractivity contribution is 0.0529. The van der Waals surface area contributed by atoms with E-state index in [1.54, 1.807) is 43.7 Å². The molecule has 0 bridgehead atoms. The van der Waals surface area contributed by atoms with Crippen molar-refractivity contribution in [2.45, 2.75) is 6.92 Å². The minimum absolute atomic E-state index is 0.195. The van der Waals surface area contributed by atoms with Crippen LogP contribution in [0.5, 0.6) is 11.5 Å². The number of esters is 1. The van der Waals surface area contributed by atoms with E-state index in [1.807, 2.05) is 0 Å². The summed E-state index contributed by atoms with van der Waals surface area (Å²) < 4.78 is 15.9. The molecule has 3 rings (SSSR count). The van der Waals surface area contributed by atoms with Crippen molar-refractivity contribution in [3.05, 3.63) is 63.0 Å². The van der Waals surface area contributed by atoms with Crippen LogP contribution < -0.4 is 14.8 Å². The topological polar surface area (TPSA) is 73.9 Å². The number of carbonyl (C=O) groups is 2. The Morgan fingerprint density at radius 1 is 1.00 bits per heavy atom. The summed E-state index contributed by atoms with van der Waals surface area (Å²) in [6.45, 7) is 1.91. The third kappa shape index (κ3) is 4.95. The number of ether oxygens (including phenoxy) is 3. The zero-order valence-electron chi connectivity index (χ0n) is 17.0. The van der Waals surface area contributed by atoms with Gasteiger partial charge >= 0.3 is 5.97 Å². The minimum atomic E-state index is -0.544. The number of hydrogen-bond donors (Lipinski definition) is 1. The van der Waals surface area contributed by atoms with E-state index in [9.17, 15) is 9.59 Å². The Bertz CT molecular complexity index is 1130. The van der Waals surface area contributed by atoms with Crippen LogP contribution in [0.25, 0.3) is 11.1 Å². The van der Waals surface area contributed by atoms with E-state index in [-0.39, 0.29) is 17.2 Å². The van der Waals surface area contributed by atoms with Crippen molar-refractivity contribution in [2.75, 3.05) is 26.1 Å². The Morgan fingerprint density at radius 2 is 1.74 bits per heavy atom. The van der Waals surface area contributed by atoms with Crippen LogP contribution in [-0.4, -0.2) is 32.7 Å². The van der Waals surface area contributed by atoms with Gasteiger partial charge in [0, 0.05) is 16.5 Å². The number of methoxy groups -OCH3 is 2. The summed E-state index contributed by atoms with van der Waals surface area (Å²) in [5.41, 5.74) is 1.89. The number of carbonyl (C=O) groups excluding carboxylic acids is 2. The zero-order valence-corrected chi connectivity index (χ0v) is 19.3. The van der Waals surface area contributed by atoms with E-state index in [1.165, 1.54) is 30.6 Å². The van der Waals surface area contributed by atoms with Gasteiger partial charge in [0.15, 0.2) is 11.5 Å². The van der Waals surface area contributed by atoms with Gasteiger partial charge in [0.25, 0.3) is 5.91 Å². The van der Waals surface area contributed by atoms with Crippen LogP contribution in [0.2, 0.25) is 10.0 Å². The van der Waals surface area contributed by atoms with Crippen LogP contribution in [0.15, 0.2) is 41.8 Å². The second kappa shape index (κ2) is 10.0. The molecule has 0 aliphatic carbocycles. The summed E-state index contributed by atoms with van der Waals surface area (Å²) in [6.07, 6.45) is 0. The van der Waals surface area contributed by atoms with Gasteiger partial charge in [-0.3, -0.25) is 4.79 Å². The molecule has 0 radical (unpaired) electrons. The third-order valence-corrected chi connectivity index (χ3v) is 6.01. The number of thiophene rings is 1. The van der Waals surface area contributed by atoms with Crippen LogP contribution in [0.1, 0.15) is 27.6 Å². The first kappa shape index (κ1) is 22.9. The van der Waals surface area contributed by atoms with E-state index in [0.29, 0.717) is 38.2 Å². The Balaban J connectivity index is 2.02. The van der Waals surface area contributed by atoms with E-state index < -0.39 is 11.9 Å².